The fourth-order valence-electron chi connectivity index (χ4n) is 11.1. The summed E-state index contributed by atoms with van der Waals surface area (Å²) in [5, 5.41) is 12.5. The van der Waals surface area contributed by atoms with E-state index in [0.29, 0.717) is 11.3 Å². The van der Waals surface area contributed by atoms with Crippen molar-refractivity contribution in [1.29, 1.82) is 0 Å². The van der Waals surface area contributed by atoms with E-state index in [2.05, 4.69) is 218 Å². The third kappa shape index (κ3) is 6.55. The van der Waals surface area contributed by atoms with Gasteiger partial charge in [-0.2, -0.15) is 0 Å². The van der Waals surface area contributed by atoms with Crippen LogP contribution in [0.4, 0.5) is 17.1 Å². The summed E-state index contributed by atoms with van der Waals surface area (Å²) in [5.41, 5.74) is 17.9. The van der Waals surface area contributed by atoms with E-state index in [-0.39, 0.29) is 5.91 Å². The number of hydrogen-bond acceptors (Lipinski definition) is 2. The van der Waals surface area contributed by atoms with Crippen LogP contribution in [0.5, 0.6) is 0 Å². The highest BCUT2D eigenvalue weighted by atomic mass is 16.2. The van der Waals surface area contributed by atoms with Crippen molar-refractivity contribution >= 4 is 87.6 Å². The number of nitrogens with two attached hydrogens (primary N) is 1. The minimum Gasteiger partial charge on any atom is -0.398 e. The Balaban J connectivity index is 1.30. The maximum atomic E-state index is 17.4. The lowest BCUT2D eigenvalue weighted by Crippen LogP contribution is -2.28. The fourth-order valence-corrected chi connectivity index (χ4v) is 11.1. The molecule has 0 spiro atoms. The van der Waals surface area contributed by atoms with Gasteiger partial charge in [-0.05, 0) is 93.8 Å². The number of fused-ring (bicyclic) bond motifs is 6. The van der Waals surface area contributed by atoms with E-state index in [1.165, 1.54) is 0 Å². The second-order valence-electron chi connectivity index (χ2n) is 18.0. The minimum atomic E-state index is -0.236. The van der Waals surface area contributed by atoms with Crippen LogP contribution in [-0.4, -0.2) is 5.91 Å². The van der Waals surface area contributed by atoms with Crippen LogP contribution in [0.25, 0.3) is 109 Å². The van der Waals surface area contributed by atoms with Crippen LogP contribution < -0.4 is 10.6 Å². The third-order valence-corrected chi connectivity index (χ3v) is 14.2. The van der Waals surface area contributed by atoms with E-state index in [9.17, 15) is 0 Å². The van der Waals surface area contributed by atoms with Crippen molar-refractivity contribution in [3.05, 3.63) is 260 Å². The summed E-state index contributed by atoms with van der Waals surface area (Å²) in [7, 11) is 0. The first kappa shape index (κ1) is 40.9. The standard InChI is InChI=1S/C67H44N2O/c68-66-64(58-40-16-28-46-22-4-10-34-52(46)58)62(56-38-14-26-44-20-2-8-32-50(44)56)61(55-37-13-25-43-19-1-7-31-49(43)55)63(57-39-15-27-45-21-3-9-33-51(45)57)65(66)67(70)69(59-41-17-29-47-23-5-11-35-53(47)59)60-42-18-30-48-24-6-12-36-54(48)60/h1-42H,68H2. The number of anilines is 3. The monoisotopic (exact) mass is 892 g/mol. The number of hydrogen-bond donors (Lipinski definition) is 1. The van der Waals surface area contributed by atoms with Crippen LogP contribution in [0, 0.1) is 0 Å². The molecule has 0 saturated carbocycles. The lowest BCUT2D eigenvalue weighted by atomic mass is 9.76. The molecule has 3 nitrogen and oxygen atoms in total. The van der Waals surface area contributed by atoms with Gasteiger partial charge in [-0.3, -0.25) is 9.69 Å². The number of amides is 1. The van der Waals surface area contributed by atoms with Crippen molar-refractivity contribution < 1.29 is 4.79 Å². The summed E-state index contributed by atoms with van der Waals surface area (Å²) in [4.78, 5) is 19.3. The first-order valence-electron chi connectivity index (χ1n) is 23.8. The molecule has 0 aliphatic heterocycles. The van der Waals surface area contributed by atoms with Gasteiger partial charge in [-0.1, -0.05) is 243 Å². The summed E-state index contributed by atoms with van der Waals surface area (Å²) < 4.78 is 0. The van der Waals surface area contributed by atoms with Crippen molar-refractivity contribution in [2.75, 3.05) is 10.6 Å². The van der Waals surface area contributed by atoms with Crippen molar-refractivity contribution in [2.24, 2.45) is 0 Å². The van der Waals surface area contributed by atoms with E-state index in [1.54, 1.807) is 0 Å². The topological polar surface area (TPSA) is 46.3 Å². The van der Waals surface area contributed by atoms with Gasteiger partial charge in [0.15, 0.2) is 0 Å². The number of nitrogens with zero attached hydrogens (tertiary/aromatic N) is 1. The van der Waals surface area contributed by atoms with Gasteiger partial charge in [0.2, 0.25) is 0 Å². The summed E-state index contributed by atoms with van der Waals surface area (Å²) in [6, 6.07) is 89.2. The van der Waals surface area contributed by atoms with Crippen LogP contribution in [0.2, 0.25) is 0 Å². The Kier molecular flexibility index (Phi) is 9.81. The molecule has 328 valence electrons. The number of carbonyl (C=O) groups is 1. The average molecular weight is 893 g/mol. The molecule has 2 N–H and O–H groups in total. The Labute approximate surface area is 405 Å². The molecule has 0 atom stereocenters. The minimum absolute atomic E-state index is 0.236. The highest BCUT2D eigenvalue weighted by Crippen LogP contribution is 2.56. The second kappa shape index (κ2) is 16.8. The summed E-state index contributed by atoms with van der Waals surface area (Å²) in [6.45, 7) is 0. The molecule has 0 radical (unpaired) electrons. The SMILES string of the molecule is Nc1c(C(=O)N(c2cccc3ccccc23)c2cccc3ccccc23)c(-c2cccc3ccccc23)c(-c2cccc3ccccc23)c(-c2cccc3ccccc23)c1-c1cccc2ccccc12. The van der Waals surface area contributed by atoms with E-state index >= 15 is 4.79 Å². The van der Waals surface area contributed by atoms with Crippen LogP contribution in [0.1, 0.15) is 10.4 Å². The zero-order valence-corrected chi connectivity index (χ0v) is 38.2. The van der Waals surface area contributed by atoms with Crippen molar-refractivity contribution in [3.63, 3.8) is 0 Å². The molecule has 0 fully saturated rings. The highest BCUT2D eigenvalue weighted by molar-refractivity contribution is 6.29. The van der Waals surface area contributed by atoms with E-state index in [1.807, 2.05) is 41.3 Å². The molecular weight excluding hydrogens is 849 g/mol. The lowest BCUT2D eigenvalue weighted by molar-refractivity contribution is 0.100. The Morgan fingerprint density at radius 2 is 0.529 bits per heavy atom. The first-order chi connectivity index (χ1) is 34.6. The van der Waals surface area contributed by atoms with Gasteiger partial charge in [0.05, 0.1) is 22.6 Å². The van der Waals surface area contributed by atoms with Gasteiger partial charge in [0.25, 0.3) is 5.91 Å². The zero-order valence-electron chi connectivity index (χ0n) is 38.2. The second-order valence-corrected chi connectivity index (χ2v) is 18.0. The quantitative estimate of drug-likeness (QED) is 0.162. The molecule has 0 aromatic heterocycles. The molecule has 3 heteroatoms. The molecule has 0 bridgehead atoms. The van der Waals surface area contributed by atoms with Gasteiger partial charge in [-0.25, -0.2) is 0 Å². The van der Waals surface area contributed by atoms with Gasteiger partial charge in [0, 0.05) is 27.5 Å². The number of benzene rings is 13. The molecule has 13 aromatic carbocycles. The molecule has 0 aliphatic carbocycles. The predicted octanol–water partition coefficient (Wildman–Crippen LogP) is 17.8. The molecule has 0 aliphatic rings. The fraction of sp³-hybridized carbons (Fsp3) is 0. The van der Waals surface area contributed by atoms with Crippen LogP contribution in [0.15, 0.2) is 255 Å². The maximum Gasteiger partial charge on any atom is 0.265 e. The van der Waals surface area contributed by atoms with Crippen LogP contribution >= 0.6 is 0 Å². The number of carbonyl (C=O) groups excluding carboxylic acids is 1. The number of nitrogen functional groups attached to an aromatic ring is 1. The molecule has 13 aromatic rings. The normalized spacial score (nSPS) is 11.5. The largest absolute Gasteiger partial charge is 0.398 e. The van der Waals surface area contributed by atoms with E-state index in [4.69, 9.17) is 5.73 Å². The highest BCUT2D eigenvalue weighted by Gasteiger charge is 2.35. The lowest BCUT2D eigenvalue weighted by Gasteiger charge is -2.31. The van der Waals surface area contributed by atoms with Crippen molar-refractivity contribution in [3.8, 4) is 44.5 Å². The Hall–Kier alpha value is -9.31. The smallest absolute Gasteiger partial charge is 0.265 e. The summed E-state index contributed by atoms with van der Waals surface area (Å²) in [5.74, 6) is -0.236. The van der Waals surface area contributed by atoms with Gasteiger partial charge in [0.1, 0.15) is 0 Å². The molecule has 1 amide bonds. The average Bonchev–Trinajstić information content (AvgIpc) is 3.42. The number of rotatable bonds is 7. The zero-order chi connectivity index (χ0) is 46.7. The molecule has 0 heterocycles. The molecule has 70 heavy (non-hydrogen) atoms. The van der Waals surface area contributed by atoms with E-state index in [0.717, 1.165) is 121 Å². The Morgan fingerprint density at radius 3 is 0.900 bits per heavy atom. The molecule has 13 rings (SSSR count). The van der Waals surface area contributed by atoms with Gasteiger partial charge in [-0.15, -0.1) is 0 Å². The summed E-state index contributed by atoms with van der Waals surface area (Å²) in [6.07, 6.45) is 0. The Morgan fingerprint density at radius 1 is 0.271 bits per heavy atom. The van der Waals surface area contributed by atoms with Crippen molar-refractivity contribution in [1.82, 2.24) is 0 Å². The maximum absolute atomic E-state index is 17.4. The Bertz CT molecular complexity index is 4130. The third-order valence-electron chi connectivity index (χ3n) is 14.2. The molecule has 0 saturated heterocycles. The van der Waals surface area contributed by atoms with Crippen LogP contribution in [0.3, 0.4) is 0 Å². The van der Waals surface area contributed by atoms with E-state index < -0.39 is 0 Å². The van der Waals surface area contributed by atoms with Gasteiger partial charge >= 0.3 is 0 Å². The summed E-state index contributed by atoms with van der Waals surface area (Å²) >= 11 is 0. The molecular formula is C67H44N2O. The predicted molar refractivity (Wildman–Crippen MR) is 297 cm³/mol. The first-order valence-corrected chi connectivity index (χ1v) is 23.8. The molecule has 0 unspecified atom stereocenters. The van der Waals surface area contributed by atoms with Gasteiger partial charge < -0.3 is 5.73 Å². The van der Waals surface area contributed by atoms with Crippen LogP contribution in [-0.2, 0) is 0 Å². The van der Waals surface area contributed by atoms with Crippen molar-refractivity contribution in [2.45, 2.75) is 0 Å².